The Bertz CT molecular complexity index is 899. The van der Waals surface area contributed by atoms with E-state index >= 15 is 0 Å². The monoisotopic (exact) mass is 497 g/mol. The first-order valence-corrected chi connectivity index (χ1v) is 9.14. The summed E-state index contributed by atoms with van der Waals surface area (Å²) in [6, 6.07) is 10.5. The van der Waals surface area contributed by atoms with Crippen molar-refractivity contribution < 1.29 is 24.4 Å². The molecule has 0 fully saturated rings. The summed E-state index contributed by atoms with van der Waals surface area (Å²) in [5, 5.41) is 26.4. The summed E-state index contributed by atoms with van der Waals surface area (Å²) in [4.78, 5) is 33.7. The van der Waals surface area contributed by atoms with Crippen LogP contribution in [0.3, 0.4) is 0 Å². The average molecular weight is 497 g/mol. The fourth-order valence-electron chi connectivity index (χ4n) is 2.13. The van der Waals surface area contributed by atoms with Crippen molar-refractivity contribution in [3.63, 3.8) is 0 Å². The van der Waals surface area contributed by atoms with Gasteiger partial charge in [-0.2, -0.15) is 0 Å². The SMILES string of the molecule is CC(=O)Nc1ccc(OC[C@](C)(O)C(=O)Nc2ccc([N+](=O)[O-])c([125I])c2)cc1. The minimum absolute atomic E-state index is 0.0728. The molecule has 0 bridgehead atoms. The van der Waals surface area contributed by atoms with Gasteiger partial charge in [-0.25, -0.2) is 0 Å². The second-order valence-corrected chi connectivity index (χ2v) is 7.31. The molecule has 0 spiro atoms. The van der Waals surface area contributed by atoms with E-state index in [-0.39, 0.29) is 18.2 Å². The largest absolute Gasteiger partial charge is 0.490 e. The van der Waals surface area contributed by atoms with E-state index < -0.39 is 16.4 Å². The summed E-state index contributed by atoms with van der Waals surface area (Å²) in [5.74, 6) is -0.506. The van der Waals surface area contributed by atoms with Crippen LogP contribution in [0.4, 0.5) is 17.1 Å². The molecule has 2 amide bonds. The molecule has 0 aliphatic carbocycles. The minimum atomic E-state index is -1.84. The van der Waals surface area contributed by atoms with Crippen molar-refractivity contribution in [3.8, 4) is 5.75 Å². The van der Waals surface area contributed by atoms with Gasteiger partial charge in [-0.1, -0.05) is 0 Å². The molecule has 28 heavy (non-hydrogen) atoms. The zero-order chi connectivity index (χ0) is 20.9. The van der Waals surface area contributed by atoms with Gasteiger partial charge in [0.05, 0.1) is 8.49 Å². The predicted octanol–water partition coefficient (Wildman–Crippen LogP) is 2.93. The molecule has 0 heterocycles. The normalized spacial score (nSPS) is 12.6. The smallest absolute Gasteiger partial charge is 0.282 e. The quantitative estimate of drug-likeness (QED) is 0.306. The summed E-state index contributed by atoms with van der Waals surface area (Å²) >= 11 is 1.80. The Balaban J connectivity index is 1.98. The summed E-state index contributed by atoms with van der Waals surface area (Å²) in [6.45, 7) is 2.37. The fraction of sp³-hybridized carbons (Fsp3) is 0.222. The number of nitrogens with one attached hydrogen (secondary N) is 2. The van der Waals surface area contributed by atoms with Crippen LogP contribution in [-0.2, 0) is 9.59 Å². The van der Waals surface area contributed by atoms with Gasteiger partial charge in [0.2, 0.25) is 5.91 Å². The zero-order valence-electron chi connectivity index (χ0n) is 15.1. The van der Waals surface area contributed by atoms with Crippen LogP contribution in [0.25, 0.3) is 0 Å². The molecule has 0 radical (unpaired) electrons. The number of halogens is 1. The second-order valence-electron chi connectivity index (χ2n) is 6.15. The lowest BCUT2D eigenvalue weighted by atomic mass is 10.1. The summed E-state index contributed by atoms with van der Waals surface area (Å²) < 4.78 is 5.81. The Labute approximate surface area is 174 Å². The lowest BCUT2D eigenvalue weighted by molar-refractivity contribution is -0.385. The number of hydrogen-bond acceptors (Lipinski definition) is 6. The van der Waals surface area contributed by atoms with Crippen LogP contribution in [0.5, 0.6) is 5.75 Å². The second kappa shape index (κ2) is 8.97. The van der Waals surface area contributed by atoms with E-state index in [1.165, 1.54) is 32.0 Å². The van der Waals surface area contributed by atoms with Crippen molar-refractivity contribution in [2.24, 2.45) is 0 Å². The van der Waals surface area contributed by atoms with Gasteiger partial charge >= 0.3 is 0 Å². The molecule has 0 unspecified atom stereocenters. The third-order valence-corrected chi connectivity index (χ3v) is 4.45. The van der Waals surface area contributed by atoms with Crippen LogP contribution in [0.2, 0.25) is 0 Å². The van der Waals surface area contributed by atoms with Crippen LogP contribution >= 0.6 is 22.6 Å². The van der Waals surface area contributed by atoms with Gasteiger partial charge < -0.3 is 20.5 Å². The molecule has 148 valence electrons. The van der Waals surface area contributed by atoms with Crippen LogP contribution in [-0.4, -0.2) is 34.1 Å². The third kappa shape index (κ3) is 5.89. The van der Waals surface area contributed by atoms with Gasteiger partial charge in [0, 0.05) is 24.4 Å². The number of carbonyl (C=O) groups is 2. The van der Waals surface area contributed by atoms with Gasteiger partial charge in [0.1, 0.15) is 12.4 Å². The van der Waals surface area contributed by atoms with E-state index in [1.807, 2.05) is 0 Å². The number of benzene rings is 2. The maximum Gasteiger partial charge on any atom is 0.282 e. The minimum Gasteiger partial charge on any atom is -0.490 e. The highest BCUT2D eigenvalue weighted by atomic mass is 125. The van der Waals surface area contributed by atoms with Crippen molar-refractivity contribution in [1.82, 2.24) is 0 Å². The molecule has 1 atom stereocenters. The van der Waals surface area contributed by atoms with Crippen molar-refractivity contribution in [1.29, 1.82) is 0 Å². The predicted molar refractivity (Wildman–Crippen MR) is 111 cm³/mol. The molecule has 2 rings (SSSR count). The molecule has 0 saturated carbocycles. The number of hydrogen-bond donors (Lipinski definition) is 3. The highest BCUT2D eigenvalue weighted by Gasteiger charge is 2.31. The molecule has 2 aromatic rings. The molecular weight excluding hydrogens is 479 g/mol. The summed E-state index contributed by atoms with van der Waals surface area (Å²) in [7, 11) is 0. The van der Waals surface area contributed by atoms with Gasteiger partial charge in [-0.3, -0.25) is 19.7 Å². The van der Waals surface area contributed by atoms with Gasteiger partial charge in [0.15, 0.2) is 5.60 Å². The Kier molecular flexibility index (Phi) is 6.91. The van der Waals surface area contributed by atoms with Crippen molar-refractivity contribution in [2.75, 3.05) is 17.2 Å². The van der Waals surface area contributed by atoms with Gasteiger partial charge in [0.25, 0.3) is 11.6 Å². The Morgan fingerprint density at radius 1 is 1.18 bits per heavy atom. The molecule has 0 saturated heterocycles. The number of amides is 2. The summed E-state index contributed by atoms with van der Waals surface area (Å²) in [6.07, 6.45) is 0. The Hall–Kier alpha value is -2.73. The molecule has 0 aliphatic rings. The number of carbonyl (C=O) groups excluding carboxylic acids is 2. The number of nitro groups is 1. The van der Waals surface area contributed by atoms with E-state index in [0.717, 1.165) is 0 Å². The van der Waals surface area contributed by atoms with Gasteiger partial charge in [-0.05, 0) is 65.9 Å². The van der Waals surface area contributed by atoms with E-state index in [4.69, 9.17) is 4.74 Å². The Morgan fingerprint density at radius 3 is 2.32 bits per heavy atom. The van der Waals surface area contributed by atoms with Crippen LogP contribution < -0.4 is 15.4 Å². The van der Waals surface area contributed by atoms with E-state index in [0.29, 0.717) is 20.7 Å². The van der Waals surface area contributed by atoms with Crippen LogP contribution in [0.1, 0.15) is 13.8 Å². The number of ether oxygens (including phenoxy) is 1. The third-order valence-electron chi connectivity index (χ3n) is 3.59. The fourth-order valence-corrected chi connectivity index (χ4v) is 2.84. The molecule has 10 heteroatoms. The van der Waals surface area contributed by atoms with Crippen molar-refractivity contribution in [2.45, 2.75) is 19.4 Å². The van der Waals surface area contributed by atoms with E-state index in [2.05, 4.69) is 10.6 Å². The topological polar surface area (TPSA) is 131 Å². The number of rotatable bonds is 7. The van der Waals surface area contributed by atoms with Crippen molar-refractivity contribution in [3.05, 3.63) is 56.1 Å². The summed E-state index contributed by atoms with van der Waals surface area (Å²) in [5.41, 5.74) is -1.00. The van der Waals surface area contributed by atoms with Gasteiger partial charge in [-0.15, -0.1) is 0 Å². The van der Waals surface area contributed by atoms with E-state index in [1.54, 1.807) is 46.9 Å². The highest BCUT2D eigenvalue weighted by molar-refractivity contribution is 14.1. The van der Waals surface area contributed by atoms with Crippen molar-refractivity contribution >= 4 is 51.5 Å². The first-order chi connectivity index (χ1) is 13.1. The molecular formula is C18H18IN3O6. The maximum absolute atomic E-state index is 12.3. The lowest BCUT2D eigenvalue weighted by Gasteiger charge is -2.22. The number of nitro benzene ring substituents is 1. The molecule has 0 aromatic heterocycles. The first kappa shape index (κ1) is 21.6. The highest BCUT2D eigenvalue weighted by Crippen LogP contribution is 2.25. The molecule has 3 N–H and O–H groups in total. The van der Waals surface area contributed by atoms with Crippen LogP contribution in [0, 0.1) is 13.7 Å². The number of aliphatic hydroxyl groups is 1. The van der Waals surface area contributed by atoms with E-state index in [9.17, 15) is 24.8 Å². The number of nitrogens with zero attached hydrogens (tertiary/aromatic N) is 1. The molecule has 2 aromatic carbocycles. The standard InChI is InChI=1S/C18H18IN3O6/c1-11(23)20-12-3-6-14(7-4-12)28-10-18(2,25)17(24)21-13-5-8-16(22(26)27)15(19)9-13/h3-9,25H,10H2,1-2H3,(H,20,23)(H,21,24)/t18-/m0/s1/i19-2. The average Bonchev–Trinajstić information content (AvgIpc) is 2.60. The number of anilines is 2. The first-order valence-electron chi connectivity index (χ1n) is 8.07. The van der Waals surface area contributed by atoms with Crippen LogP contribution in [0.15, 0.2) is 42.5 Å². The Morgan fingerprint density at radius 2 is 1.79 bits per heavy atom. The zero-order valence-corrected chi connectivity index (χ0v) is 17.2. The lowest BCUT2D eigenvalue weighted by Crippen LogP contribution is -2.45. The molecule has 0 aliphatic heterocycles. The maximum atomic E-state index is 12.3. The molecule has 9 nitrogen and oxygen atoms in total.